The van der Waals surface area contributed by atoms with Crippen LogP contribution in [-0.2, 0) is 9.47 Å². The van der Waals surface area contributed by atoms with E-state index in [1.54, 1.807) is 6.26 Å². The van der Waals surface area contributed by atoms with Gasteiger partial charge in [-0.25, -0.2) is 0 Å². The van der Waals surface area contributed by atoms with Gasteiger partial charge in [-0.15, -0.1) is 0 Å². The van der Waals surface area contributed by atoms with Crippen molar-refractivity contribution in [3.8, 4) is 0 Å². The lowest BCUT2D eigenvalue weighted by atomic mass is 9.70. The Kier molecular flexibility index (Phi) is 6.06. The topological polar surface area (TPSA) is 18.5 Å². The number of ether oxygens (including phenoxy) is 2. The number of hydrogen-bond donors (Lipinski definition) is 0. The monoisotopic (exact) mass is 266 g/mol. The third-order valence-corrected chi connectivity index (χ3v) is 4.83. The van der Waals surface area contributed by atoms with Gasteiger partial charge < -0.3 is 9.47 Å². The number of rotatable bonds is 6. The summed E-state index contributed by atoms with van der Waals surface area (Å²) in [4.78, 5) is 0. The summed E-state index contributed by atoms with van der Waals surface area (Å²) in [5, 5.41) is 0. The van der Waals surface area contributed by atoms with Gasteiger partial charge in [-0.2, -0.15) is 0 Å². The van der Waals surface area contributed by atoms with Crippen LogP contribution in [-0.4, -0.2) is 12.2 Å². The van der Waals surface area contributed by atoms with E-state index in [0.717, 1.165) is 18.9 Å². The summed E-state index contributed by atoms with van der Waals surface area (Å²) in [7, 11) is 0. The Morgan fingerprint density at radius 1 is 0.947 bits per heavy atom. The molecule has 110 valence electrons. The Bertz CT molecular complexity index is 260. The highest BCUT2D eigenvalue weighted by Gasteiger charge is 2.41. The van der Waals surface area contributed by atoms with Crippen LogP contribution in [0, 0.1) is 5.92 Å². The zero-order valence-corrected chi connectivity index (χ0v) is 12.5. The highest BCUT2D eigenvalue weighted by molar-refractivity contribution is 4.94. The average molecular weight is 266 g/mol. The molecule has 0 radical (unpaired) electrons. The second kappa shape index (κ2) is 7.81. The molecule has 0 spiro atoms. The first kappa shape index (κ1) is 14.7. The molecule has 0 aromatic rings. The normalized spacial score (nSPS) is 24.5. The minimum absolute atomic E-state index is 0.130. The fourth-order valence-corrected chi connectivity index (χ4v) is 3.79. The van der Waals surface area contributed by atoms with Gasteiger partial charge in [0.05, 0.1) is 6.61 Å². The van der Waals surface area contributed by atoms with Crippen LogP contribution in [0.2, 0.25) is 0 Å². The van der Waals surface area contributed by atoms with E-state index in [1.165, 1.54) is 64.2 Å². The Morgan fingerprint density at radius 3 is 2.32 bits per heavy atom. The first-order valence-electron chi connectivity index (χ1n) is 8.32. The van der Waals surface area contributed by atoms with Gasteiger partial charge in [0.1, 0.15) is 18.1 Å². The largest absolute Gasteiger partial charge is 0.498 e. The van der Waals surface area contributed by atoms with Crippen LogP contribution >= 0.6 is 0 Å². The van der Waals surface area contributed by atoms with Crippen molar-refractivity contribution in [2.24, 2.45) is 5.92 Å². The maximum absolute atomic E-state index is 6.25. The van der Waals surface area contributed by atoms with E-state index in [9.17, 15) is 0 Å². The van der Waals surface area contributed by atoms with Gasteiger partial charge in [-0.3, -0.25) is 0 Å². The van der Waals surface area contributed by atoms with Crippen molar-refractivity contribution in [3.05, 3.63) is 12.5 Å². The molecule has 0 amide bonds. The standard InChI is InChI=1S/C17H30O2/c1-2-13-18-14-15-19-17(11-7-4-8-12-17)16-9-5-3-6-10-16/h14-16H,2-13H2,1H3. The lowest BCUT2D eigenvalue weighted by Gasteiger charge is -2.44. The molecule has 2 nitrogen and oxygen atoms in total. The smallest absolute Gasteiger partial charge is 0.118 e. The molecular formula is C17H30O2. The fourth-order valence-electron chi connectivity index (χ4n) is 3.79. The van der Waals surface area contributed by atoms with E-state index in [0.29, 0.717) is 0 Å². The molecule has 0 aromatic carbocycles. The molecule has 0 atom stereocenters. The summed E-state index contributed by atoms with van der Waals surface area (Å²) in [6, 6.07) is 0. The average Bonchev–Trinajstić information content (AvgIpc) is 2.49. The Balaban J connectivity index is 1.91. The molecular weight excluding hydrogens is 236 g/mol. The third-order valence-electron chi connectivity index (χ3n) is 4.83. The summed E-state index contributed by atoms with van der Waals surface area (Å²) in [5.74, 6) is 0.775. The van der Waals surface area contributed by atoms with E-state index >= 15 is 0 Å². The second-order valence-electron chi connectivity index (χ2n) is 6.22. The predicted molar refractivity (Wildman–Crippen MR) is 78.9 cm³/mol. The summed E-state index contributed by atoms with van der Waals surface area (Å²) in [6.07, 6.45) is 18.1. The van der Waals surface area contributed by atoms with Crippen LogP contribution in [0.3, 0.4) is 0 Å². The Labute approximate surface area is 118 Å². The molecule has 0 unspecified atom stereocenters. The van der Waals surface area contributed by atoms with E-state index in [4.69, 9.17) is 9.47 Å². The van der Waals surface area contributed by atoms with Gasteiger partial charge in [0.15, 0.2) is 0 Å². The summed E-state index contributed by atoms with van der Waals surface area (Å²) >= 11 is 0. The fraction of sp³-hybridized carbons (Fsp3) is 0.882. The van der Waals surface area contributed by atoms with Crippen molar-refractivity contribution in [1.29, 1.82) is 0 Å². The van der Waals surface area contributed by atoms with Gasteiger partial charge in [0.2, 0.25) is 0 Å². The highest BCUT2D eigenvalue weighted by Crippen LogP contribution is 2.44. The highest BCUT2D eigenvalue weighted by atomic mass is 16.5. The van der Waals surface area contributed by atoms with Crippen LogP contribution in [0.5, 0.6) is 0 Å². The predicted octanol–water partition coefficient (Wildman–Crippen LogP) is 5.18. The molecule has 2 heteroatoms. The summed E-state index contributed by atoms with van der Waals surface area (Å²) in [6.45, 7) is 2.91. The number of hydrogen-bond acceptors (Lipinski definition) is 2. The summed E-state index contributed by atoms with van der Waals surface area (Å²) in [5.41, 5.74) is 0.130. The first-order chi connectivity index (χ1) is 9.37. The molecule has 2 fully saturated rings. The second-order valence-corrected chi connectivity index (χ2v) is 6.22. The Morgan fingerprint density at radius 2 is 1.63 bits per heavy atom. The lowest BCUT2D eigenvalue weighted by Crippen LogP contribution is -2.42. The molecule has 2 aliphatic carbocycles. The quantitative estimate of drug-likeness (QED) is 0.487. The van der Waals surface area contributed by atoms with Crippen molar-refractivity contribution in [2.45, 2.75) is 83.2 Å². The molecule has 0 heterocycles. The zero-order valence-electron chi connectivity index (χ0n) is 12.5. The van der Waals surface area contributed by atoms with Crippen molar-refractivity contribution in [3.63, 3.8) is 0 Å². The minimum atomic E-state index is 0.130. The lowest BCUT2D eigenvalue weighted by molar-refractivity contribution is -0.0737. The zero-order chi connectivity index (χ0) is 13.4. The van der Waals surface area contributed by atoms with E-state index in [1.807, 2.05) is 6.26 Å². The van der Waals surface area contributed by atoms with Gasteiger partial charge in [0, 0.05) is 0 Å². The van der Waals surface area contributed by atoms with E-state index in [2.05, 4.69) is 6.92 Å². The van der Waals surface area contributed by atoms with Crippen molar-refractivity contribution >= 4 is 0 Å². The van der Waals surface area contributed by atoms with Gasteiger partial charge >= 0.3 is 0 Å². The molecule has 0 bridgehead atoms. The molecule has 0 saturated heterocycles. The SMILES string of the molecule is CCCOC=COC1(C2CCCCC2)CCCCC1. The molecule has 2 aliphatic rings. The van der Waals surface area contributed by atoms with Crippen LogP contribution in [0.25, 0.3) is 0 Å². The third kappa shape index (κ3) is 4.15. The van der Waals surface area contributed by atoms with Crippen molar-refractivity contribution in [2.75, 3.05) is 6.61 Å². The first-order valence-corrected chi connectivity index (χ1v) is 8.32. The van der Waals surface area contributed by atoms with Crippen LogP contribution < -0.4 is 0 Å². The van der Waals surface area contributed by atoms with Crippen LogP contribution in [0.1, 0.15) is 77.6 Å². The van der Waals surface area contributed by atoms with E-state index in [-0.39, 0.29) is 5.60 Å². The van der Waals surface area contributed by atoms with Gasteiger partial charge in [-0.1, -0.05) is 32.6 Å². The molecule has 19 heavy (non-hydrogen) atoms. The molecule has 2 saturated carbocycles. The van der Waals surface area contributed by atoms with Crippen LogP contribution in [0.4, 0.5) is 0 Å². The van der Waals surface area contributed by atoms with Crippen LogP contribution in [0.15, 0.2) is 12.5 Å². The Hall–Kier alpha value is -0.660. The molecule has 0 N–H and O–H groups in total. The van der Waals surface area contributed by atoms with E-state index < -0.39 is 0 Å². The van der Waals surface area contributed by atoms with Crippen molar-refractivity contribution in [1.82, 2.24) is 0 Å². The van der Waals surface area contributed by atoms with Gasteiger partial charge in [-0.05, 0) is 50.9 Å². The maximum Gasteiger partial charge on any atom is 0.118 e. The molecule has 0 aliphatic heterocycles. The van der Waals surface area contributed by atoms with Gasteiger partial charge in [0.25, 0.3) is 0 Å². The molecule has 2 rings (SSSR count). The van der Waals surface area contributed by atoms with Crippen molar-refractivity contribution < 1.29 is 9.47 Å². The maximum atomic E-state index is 6.25. The summed E-state index contributed by atoms with van der Waals surface area (Å²) < 4.78 is 11.7. The molecule has 0 aromatic heterocycles. The minimum Gasteiger partial charge on any atom is -0.498 e.